The van der Waals surface area contributed by atoms with E-state index in [1.54, 1.807) is 6.08 Å². The van der Waals surface area contributed by atoms with Crippen molar-refractivity contribution in [3.63, 3.8) is 0 Å². The molecule has 8 rings (SSSR count). The van der Waals surface area contributed by atoms with Crippen LogP contribution in [-0.2, 0) is 0 Å². The first-order valence-corrected chi connectivity index (χ1v) is 17.6. The fourth-order valence-electron chi connectivity index (χ4n) is 8.03. The quantitative estimate of drug-likeness (QED) is 0.0826. The van der Waals surface area contributed by atoms with Crippen molar-refractivity contribution < 1.29 is 0 Å². The Morgan fingerprint density at radius 2 is 1.48 bits per heavy atom. The topological polar surface area (TPSA) is 83.5 Å². The number of nitrogens with zero attached hydrogens (tertiary/aromatic N) is 4. The van der Waals surface area contributed by atoms with E-state index in [0.29, 0.717) is 12.0 Å². The lowest BCUT2D eigenvalue weighted by molar-refractivity contribution is 0.645. The summed E-state index contributed by atoms with van der Waals surface area (Å²) < 4.78 is 4.07. The van der Waals surface area contributed by atoms with Gasteiger partial charge in [0.15, 0.2) is 0 Å². The van der Waals surface area contributed by atoms with E-state index in [1.807, 2.05) is 16.8 Å². The van der Waals surface area contributed by atoms with Gasteiger partial charge in [-0.3, -0.25) is 4.68 Å². The monoisotopic (exact) mass is 671 g/mol. The van der Waals surface area contributed by atoms with Crippen molar-refractivity contribution in [1.82, 2.24) is 9.24 Å². The van der Waals surface area contributed by atoms with Crippen molar-refractivity contribution in [1.29, 1.82) is 10.5 Å². The van der Waals surface area contributed by atoms with E-state index in [1.165, 1.54) is 5.56 Å². The standard InChI is InChI=1S/C47H37N5/c1-30(28-48)21-26-43-32(3)37-12-4-6-19-44(37)51(43)35-24-22-34(23-25-35)38-15-9-16-40(46(38)36-14-8-11-33(29-49)27-31(36)2)42-18-10-17-41-39-13-5-7-20-45(39)52(50)47(41)42/h4-10,12-27,31,36H,1,11,50H2,2-3H3/b26-21-/t31-,36?/m0/s1. The summed E-state index contributed by atoms with van der Waals surface area (Å²) in [6, 6.07) is 43.0. The predicted octanol–water partition coefficient (Wildman–Crippen LogP) is 11.3. The van der Waals surface area contributed by atoms with Crippen LogP contribution in [0.25, 0.3) is 66.7 Å². The van der Waals surface area contributed by atoms with Crippen LogP contribution in [0.5, 0.6) is 0 Å². The van der Waals surface area contributed by atoms with Gasteiger partial charge in [0, 0.05) is 56.6 Å². The molecule has 0 saturated heterocycles. The maximum Gasteiger partial charge on any atom is 0.0985 e. The minimum absolute atomic E-state index is 0.0172. The summed E-state index contributed by atoms with van der Waals surface area (Å²) in [4.78, 5) is 0. The van der Waals surface area contributed by atoms with Gasteiger partial charge in [-0.25, -0.2) is 0 Å². The van der Waals surface area contributed by atoms with Gasteiger partial charge in [-0.1, -0.05) is 117 Å². The average molecular weight is 672 g/mol. The fraction of sp³-hybridized carbons (Fsp3) is 0.106. The number of benzene rings is 5. The van der Waals surface area contributed by atoms with E-state index < -0.39 is 0 Å². The molecule has 2 heterocycles. The van der Waals surface area contributed by atoms with Gasteiger partial charge in [0.2, 0.25) is 0 Å². The van der Waals surface area contributed by atoms with Crippen molar-refractivity contribution in [3.05, 3.63) is 168 Å². The van der Waals surface area contributed by atoms with Gasteiger partial charge in [-0.05, 0) is 77.1 Å². The van der Waals surface area contributed by atoms with Crippen LogP contribution < -0.4 is 5.84 Å². The van der Waals surface area contributed by atoms with Crippen molar-refractivity contribution in [2.75, 3.05) is 5.84 Å². The smallest absolute Gasteiger partial charge is 0.0985 e. The number of hydrogen-bond donors (Lipinski definition) is 1. The summed E-state index contributed by atoms with van der Waals surface area (Å²) in [7, 11) is 0. The molecule has 250 valence electrons. The summed E-state index contributed by atoms with van der Waals surface area (Å²) in [5.74, 6) is 6.98. The third kappa shape index (κ3) is 5.32. The molecule has 2 aromatic heterocycles. The van der Waals surface area contributed by atoms with E-state index in [4.69, 9.17) is 5.84 Å². The number of allylic oxidation sites excluding steroid dienone is 6. The van der Waals surface area contributed by atoms with E-state index >= 15 is 0 Å². The number of fused-ring (bicyclic) bond motifs is 4. The first kappa shape index (κ1) is 32.4. The molecule has 0 radical (unpaired) electrons. The molecule has 5 nitrogen and oxygen atoms in total. The highest BCUT2D eigenvalue weighted by atomic mass is 15.3. The van der Waals surface area contributed by atoms with Crippen molar-refractivity contribution in [3.8, 4) is 40.1 Å². The molecule has 0 saturated carbocycles. The summed E-state index contributed by atoms with van der Waals surface area (Å²) in [5.41, 5.74) is 13.1. The van der Waals surface area contributed by atoms with Crippen LogP contribution in [0.3, 0.4) is 0 Å². The van der Waals surface area contributed by atoms with Gasteiger partial charge in [-0.2, -0.15) is 10.5 Å². The van der Waals surface area contributed by atoms with Gasteiger partial charge in [-0.15, -0.1) is 0 Å². The number of aryl methyl sites for hydroxylation is 1. The average Bonchev–Trinajstić information content (AvgIpc) is 3.55. The Balaban J connectivity index is 1.34. The van der Waals surface area contributed by atoms with Gasteiger partial charge in [0.25, 0.3) is 0 Å². The Bertz CT molecular complexity index is 2730. The summed E-state index contributed by atoms with van der Waals surface area (Å²) >= 11 is 0. The van der Waals surface area contributed by atoms with E-state index in [-0.39, 0.29) is 11.8 Å². The minimum Gasteiger partial charge on any atom is -0.339 e. The third-order valence-corrected chi connectivity index (χ3v) is 10.5. The highest BCUT2D eigenvalue weighted by Crippen LogP contribution is 2.45. The second-order valence-corrected chi connectivity index (χ2v) is 13.6. The number of aromatic nitrogens is 2. The number of nitrogens with two attached hydrogens (primary N) is 1. The second-order valence-electron chi connectivity index (χ2n) is 13.6. The molecule has 0 spiro atoms. The van der Waals surface area contributed by atoms with Crippen molar-refractivity contribution in [2.45, 2.75) is 26.2 Å². The Labute approximate surface area is 303 Å². The molecular weight excluding hydrogens is 635 g/mol. The number of nitrogen functional groups attached to an aromatic ring is 1. The summed E-state index contributed by atoms with van der Waals surface area (Å²) in [5, 5.41) is 22.6. The predicted molar refractivity (Wildman–Crippen MR) is 215 cm³/mol. The van der Waals surface area contributed by atoms with E-state index in [0.717, 1.165) is 77.5 Å². The molecule has 0 fully saturated rings. The molecule has 0 aliphatic heterocycles. The zero-order chi connectivity index (χ0) is 35.9. The van der Waals surface area contributed by atoms with Crippen molar-refractivity contribution in [2.24, 2.45) is 5.92 Å². The van der Waals surface area contributed by atoms with Crippen LogP contribution in [0, 0.1) is 35.5 Å². The highest BCUT2D eigenvalue weighted by molar-refractivity contribution is 6.13. The summed E-state index contributed by atoms with van der Waals surface area (Å²) in [6.07, 6.45) is 10.9. The normalized spacial score (nSPS) is 15.9. The summed E-state index contributed by atoms with van der Waals surface area (Å²) in [6.45, 7) is 8.18. The lowest BCUT2D eigenvalue weighted by Gasteiger charge is -2.25. The SMILES string of the molecule is C=C(C#N)/C=C\c1c(C)c2ccccc2n1-c1ccc(-c2cccc(-c3cccc4c5ccccc5n(N)c34)c2C2C=CCC(C#N)=C[C@@H]2C)cc1. The zero-order valence-corrected chi connectivity index (χ0v) is 29.2. The van der Waals surface area contributed by atoms with Gasteiger partial charge in [0.1, 0.15) is 0 Å². The number of para-hydroxylation sites is 3. The highest BCUT2D eigenvalue weighted by Gasteiger charge is 2.26. The Hall–Kier alpha value is -6.82. The minimum atomic E-state index is 0.0172. The molecule has 7 aromatic rings. The molecule has 2 atom stereocenters. The van der Waals surface area contributed by atoms with Crippen LogP contribution in [0.1, 0.15) is 36.1 Å². The Morgan fingerprint density at radius 1 is 0.808 bits per heavy atom. The second kappa shape index (κ2) is 13.1. The number of nitriles is 2. The van der Waals surface area contributed by atoms with Crippen LogP contribution in [0.2, 0.25) is 0 Å². The lowest BCUT2D eigenvalue weighted by Crippen LogP contribution is -2.10. The van der Waals surface area contributed by atoms with Crippen LogP contribution in [-0.4, -0.2) is 9.24 Å². The Kier molecular flexibility index (Phi) is 8.18. The molecule has 1 aliphatic carbocycles. The Morgan fingerprint density at radius 3 is 2.25 bits per heavy atom. The molecular formula is C47H37N5. The maximum absolute atomic E-state index is 9.86. The number of rotatable bonds is 6. The molecule has 2 N–H and O–H groups in total. The maximum atomic E-state index is 9.86. The van der Waals surface area contributed by atoms with Gasteiger partial charge in [0.05, 0.1) is 28.7 Å². The zero-order valence-electron chi connectivity index (χ0n) is 29.2. The number of hydrogen-bond acceptors (Lipinski definition) is 3. The third-order valence-electron chi connectivity index (χ3n) is 10.5. The van der Waals surface area contributed by atoms with Crippen molar-refractivity contribution >= 4 is 38.8 Å². The van der Waals surface area contributed by atoms with Crippen LogP contribution in [0.15, 0.2) is 151 Å². The first-order valence-electron chi connectivity index (χ1n) is 17.6. The fourth-order valence-corrected chi connectivity index (χ4v) is 8.03. The van der Waals surface area contributed by atoms with Crippen LogP contribution >= 0.6 is 0 Å². The first-order chi connectivity index (χ1) is 25.4. The molecule has 1 unspecified atom stereocenters. The molecule has 0 bridgehead atoms. The molecule has 52 heavy (non-hydrogen) atoms. The van der Waals surface area contributed by atoms with E-state index in [2.05, 4.69) is 158 Å². The van der Waals surface area contributed by atoms with Gasteiger partial charge >= 0.3 is 0 Å². The molecule has 0 amide bonds. The van der Waals surface area contributed by atoms with Crippen LogP contribution in [0.4, 0.5) is 0 Å². The van der Waals surface area contributed by atoms with Gasteiger partial charge < -0.3 is 10.4 Å². The molecule has 1 aliphatic rings. The largest absolute Gasteiger partial charge is 0.339 e. The molecule has 5 aromatic carbocycles. The van der Waals surface area contributed by atoms with E-state index in [9.17, 15) is 10.5 Å². The molecule has 5 heteroatoms. The lowest BCUT2D eigenvalue weighted by atomic mass is 9.78.